The number of nitrogens with zero attached hydrogens (tertiary/aromatic N) is 1. The predicted octanol–water partition coefficient (Wildman–Crippen LogP) is -0.358. The van der Waals surface area contributed by atoms with E-state index in [1.807, 2.05) is 14.1 Å². The van der Waals surface area contributed by atoms with Gasteiger partial charge in [-0.25, -0.2) is 0 Å². The average molecular weight is 172 g/mol. The van der Waals surface area contributed by atoms with Crippen molar-refractivity contribution in [3.63, 3.8) is 0 Å². The maximum absolute atomic E-state index is 10.8. The molecule has 0 bridgehead atoms. The summed E-state index contributed by atoms with van der Waals surface area (Å²) in [6.45, 7) is 0. The van der Waals surface area contributed by atoms with Gasteiger partial charge in [-0.15, -0.1) is 0 Å². The zero-order valence-corrected chi connectivity index (χ0v) is 7.83. The second-order valence-corrected chi connectivity index (χ2v) is 2.88. The lowest BCUT2D eigenvalue weighted by molar-refractivity contribution is -0.121. The molecule has 0 aliphatic rings. The van der Waals surface area contributed by atoms with E-state index in [0.29, 0.717) is 12.8 Å². The van der Waals surface area contributed by atoms with Crippen molar-refractivity contribution in [3.05, 3.63) is 0 Å². The third kappa shape index (κ3) is 4.08. The highest BCUT2D eigenvalue weighted by atomic mass is 16.1. The van der Waals surface area contributed by atoms with Gasteiger partial charge in [0.1, 0.15) is 6.29 Å². The Hall–Kier alpha value is -0.900. The Kier molecular flexibility index (Phi) is 5.28. The monoisotopic (exact) mass is 172 g/mol. The zero-order chi connectivity index (χ0) is 9.56. The van der Waals surface area contributed by atoms with E-state index < -0.39 is 0 Å². The molecule has 0 aromatic carbocycles. The van der Waals surface area contributed by atoms with Gasteiger partial charge in [-0.2, -0.15) is 0 Å². The van der Waals surface area contributed by atoms with Gasteiger partial charge in [0.2, 0.25) is 5.91 Å². The molecule has 0 aliphatic heterocycles. The lowest BCUT2D eigenvalue weighted by atomic mass is 10.1. The van der Waals surface area contributed by atoms with E-state index in [0.717, 1.165) is 6.29 Å². The summed E-state index contributed by atoms with van der Waals surface area (Å²) < 4.78 is 0. The molecule has 1 atom stereocenters. The number of carbonyl (C=O) groups excluding carboxylic acids is 2. The van der Waals surface area contributed by atoms with Crippen LogP contribution in [0.1, 0.15) is 12.8 Å². The first-order chi connectivity index (χ1) is 5.61. The topological polar surface area (TPSA) is 49.4 Å². The molecule has 0 rings (SSSR count). The summed E-state index contributed by atoms with van der Waals surface area (Å²) in [5, 5.41) is 2.51. The number of carbonyl (C=O) groups is 2. The molecule has 1 N–H and O–H groups in total. The van der Waals surface area contributed by atoms with E-state index in [2.05, 4.69) is 5.32 Å². The molecule has 1 amide bonds. The summed E-state index contributed by atoms with van der Waals surface area (Å²) in [6.07, 6.45) is 1.84. The summed E-state index contributed by atoms with van der Waals surface area (Å²) in [4.78, 5) is 23.1. The van der Waals surface area contributed by atoms with E-state index >= 15 is 0 Å². The van der Waals surface area contributed by atoms with Crippen LogP contribution in [-0.2, 0) is 9.59 Å². The third-order valence-electron chi connectivity index (χ3n) is 1.77. The van der Waals surface area contributed by atoms with Crippen molar-refractivity contribution < 1.29 is 9.59 Å². The molecule has 0 spiro atoms. The van der Waals surface area contributed by atoms with Gasteiger partial charge in [0.25, 0.3) is 0 Å². The van der Waals surface area contributed by atoms with Crippen molar-refractivity contribution in [1.29, 1.82) is 0 Å². The molecule has 0 aliphatic carbocycles. The minimum absolute atomic E-state index is 0.0244. The summed E-state index contributed by atoms with van der Waals surface area (Å²) in [5.74, 6) is -0.0244. The molecule has 4 nitrogen and oxygen atoms in total. The van der Waals surface area contributed by atoms with Crippen LogP contribution in [0.4, 0.5) is 0 Å². The Morgan fingerprint density at radius 2 is 2.17 bits per heavy atom. The van der Waals surface area contributed by atoms with Crippen LogP contribution in [0.15, 0.2) is 0 Å². The highest BCUT2D eigenvalue weighted by Gasteiger charge is 2.10. The van der Waals surface area contributed by atoms with E-state index in [4.69, 9.17) is 0 Å². The van der Waals surface area contributed by atoms with E-state index in [1.54, 1.807) is 11.9 Å². The van der Waals surface area contributed by atoms with Gasteiger partial charge in [0.05, 0.1) is 6.04 Å². The SMILES string of the molecule is CNC(=O)CCC(C=O)N(C)C. The van der Waals surface area contributed by atoms with Crippen molar-refractivity contribution in [2.75, 3.05) is 21.1 Å². The Balaban J connectivity index is 3.72. The molecule has 0 aromatic rings. The molecule has 0 heterocycles. The van der Waals surface area contributed by atoms with Crippen LogP contribution in [0.25, 0.3) is 0 Å². The Morgan fingerprint density at radius 3 is 2.50 bits per heavy atom. The van der Waals surface area contributed by atoms with Gasteiger partial charge in [0, 0.05) is 13.5 Å². The molecule has 0 saturated heterocycles. The number of amides is 1. The van der Waals surface area contributed by atoms with Gasteiger partial charge in [-0.3, -0.25) is 9.69 Å². The lowest BCUT2D eigenvalue weighted by Crippen LogP contribution is -2.31. The lowest BCUT2D eigenvalue weighted by Gasteiger charge is -2.17. The minimum atomic E-state index is -0.151. The zero-order valence-electron chi connectivity index (χ0n) is 7.83. The number of aldehydes is 1. The second-order valence-electron chi connectivity index (χ2n) is 2.88. The molecule has 70 valence electrons. The minimum Gasteiger partial charge on any atom is -0.359 e. The van der Waals surface area contributed by atoms with Gasteiger partial charge >= 0.3 is 0 Å². The van der Waals surface area contributed by atoms with Crippen molar-refractivity contribution in [3.8, 4) is 0 Å². The molecular formula is C8H16N2O2. The normalized spacial score (nSPS) is 12.7. The van der Waals surface area contributed by atoms with Crippen molar-refractivity contribution >= 4 is 12.2 Å². The summed E-state index contributed by atoms with van der Waals surface area (Å²) in [5.41, 5.74) is 0. The fourth-order valence-electron chi connectivity index (χ4n) is 0.852. The van der Waals surface area contributed by atoms with Crippen LogP contribution in [-0.4, -0.2) is 44.3 Å². The first-order valence-corrected chi connectivity index (χ1v) is 3.94. The number of rotatable bonds is 5. The van der Waals surface area contributed by atoms with E-state index in [1.165, 1.54) is 0 Å². The highest BCUT2D eigenvalue weighted by Crippen LogP contribution is 1.99. The van der Waals surface area contributed by atoms with Crippen molar-refractivity contribution in [1.82, 2.24) is 10.2 Å². The molecule has 0 fully saturated rings. The first-order valence-electron chi connectivity index (χ1n) is 3.94. The molecule has 1 unspecified atom stereocenters. The highest BCUT2D eigenvalue weighted by molar-refractivity contribution is 5.76. The maximum Gasteiger partial charge on any atom is 0.219 e. The predicted molar refractivity (Wildman–Crippen MR) is 46.8 cm³/mol. The van der Waals surface area contributed by atoms with E-state index in [9.17, 15) is 9.59 Å². The van der Waals surface area contributed by atoms with Gasteiger partial charge in [-0.05, 0) is 20.5 Å². The maximum atomic E-state index is 10.8. The Labute approximate surface area is 72.9 Å². The fraction of sp³-hybridized carbons (Fsp3) is 0.750. The van der Waals surface area contributed by atoms with Gasteiger partial charge in [0.15, 0.2) is 0 Å². The smallest absolute Gasteiger partial charge is 0.219 e. The molecular weight excluding hydrogens is 156 g/mol. The summed E-state index contributed by atoms with van der Waals surface area (Å²) in [6, 6.07) is -0.151. The number of hydrogen-bond donors (Lipinski definition) is 1. The summed E-state index contributed by atoms with van der Waals surface area (Å²) in [7, 11) is 5.24. The van der Waals surface area contributed by atoms with Crippen molar-refractivity contribution in [2.45, 2.75) is 18.9 Å². The van der Waals surface area contributed by atoms with Gasteiger partial charge < -0.3 is 10.1 Å². The second kappa shape index (κ2) is 5.71. The summed E-state index contributed by atoms with van der Waals surface area (Å²) >= 11 is 0. The van der Waals surface area contributed by atoms with Crippen LogP contribution in [0.3, 0.4) is 0 Å². The molecule has 0 aromatic heterocycles. The van der Waals surface area contributed by atoms with Crippen LogP contribution < -0.4 is 5.32 Å². The van der Waals surface area contributed by atoms with E-state index in [-0.39, 0.29) is 11.9 Å². The van der Waals surface area contributed by atoms with Crippen molar-refractivity contribution in [2.24, 2.45) is 0 Å². The fourth-order valence-corrected chi connectivity index (χ4v) is 0.852. The van der Waals surface area contributed by atoms with Gasteiger partial charge in [-0.1, -0.05) is 0 Å². The van der Waals surface area contributed by atoms with Crippen LogP contribution in [0.2, 0.25) is 0 Å². The molecule has 12 heavy (non-hydrogen) atoms. The Bertz CT molecular complexity index is 157. The quantitative estimate of drug-likeness (QED) is 0.576. The van der Waals surface area contributed by atoms with Crippen LogP contribution in [0, 0.1) is 0 Å². The standard InChI is InChI=1S/C8H16N2O2/c1-9-8(12)5-4-7(6-11)10(2)3/h6-7H,4-5H2,1-3H3,(H,9,12). The Morgan fingerprint density at radius 1 is 1.58 bits per heavy atom. The third-order valence-corrected chi connectivity index (χ3v) is 1.77. The number of likely N-dealkylation sites (N-methyl/N-ethyl adjacent to an activating group) is 1. The molecule has 0 radical (unpaired) electrons. The van der Waals surface area contributed by atoms with Crippen LogP contribution >= 0.6 is 0 Å². The molecule has 0 saturated carbocycles. The molecule has 4 heteroatoms. The first kappa shape index (κ1) is 11.1. The number of hydrogen-bond acceptors (Lipinski definition) is 3. The average Bonchev–Trinajstić information content (AvgIpc) is 2.04. The largest absolute Gasteiger partial charge is 0.359 e. The van der Waals surface area contributed by atoms with Crippen LogP contribution in [0.5, 0.6) is 0 Å². The number of nitrogens with one attached hydrogen (secondary N) is 1.